The molecule has 1 N–H and O–H groups in total. The van der Waals surface area contributed by atoms with Crippen LogP contribution in [0.2, 0.25) is 0 Å². The van der Waals surface area contributed by atoms with Gasteiger partial charge in [-0.1, -0.05) is 30.3 Å². The molecule has 8 heteroatoms. The zero-order valence-electron chi connectivity index (χ0n) is 17.1. The lowest BCUT2D eigenvalue weighted by Crippen LogP contribution is -2.04. The maximum Gasteiger partial charge on any atom is 0.269 e. The largest absolute Gasteiger partial charge is 0.269 e. The van der Waals surface area contributed by atoms with Gasteiger partial charge in [-0.05, 0) is 55.0 Å². The number of nitro groups is 1. The van der Waals surface area contributed by atoms with Crippen LogP contribution < -0.4 is 5.43 Å². The second-order valence-corrected chi connectivity index (χ2v) is 6.95. The Morgan fingerprint density at radius 2 is 1.50 bits per heavy atom. The summed E-state index contributed by atoms with van der Waals surface area (Å²) in [5, 5.41) is 15.2. The van der Waals surface area contributed by atoms with E-state index in [9.17, 15) is 14.5 Å². The molecule has 0 bridgehead atoms. The fourth-order valence-corrected chi connectivity index (χ4v) is 3.05. The third-order valence-electron chi connectivity index (χ3n) is 4.76. The Bertz CT molecular complexity index is 1270. The van der Waals surface area contributed by atoms with Crippen molar-refractivity contribution in [2.45, 2.75) is 6.92 Å². The predicted octanol–water partition coefficient (Wildman–Crippen LogP) is 5.69. The molecule has 7 nitrogen and oxygen atoms in total. The molecule has 4 rings (SSSR count). The first-order valence-corrected chi connectivity index (χ1v) is 9.75. The lowest BCUT2D eigenvalue weighted by atomic mass is 10.1. The molecule has 0 amide bonds. The minimum atomic E-state index is -0.450. The van der Waals surface area contributed by atoms with Crippen LogP contribution in [0.1, 0.15) is 12.5 Å². The Hall–Kier alpha value is -4.46. The summed E-state index contributed by atoms with van der Waals surface area (Å²) in [6.07, 6.45) is 0. The van der Waals surface area contributed by atoms with Gasteiger partial charge in [-0.15, -0.1) is 0 Å². The van der Waals surface area contributed by atoms with Gasteiger partial charge in [0.2, 0.25) is 5.95 Å². The molecule has 0 spiro atoms. The summed E-state index contributed by atoms with van der Waals surface area (Å²) < 4.78 is 13.4. The van der Waals surface area contributed by atoms with Crippen molar-refractivity contribution in [2.24, 2.45) is 5.10 Å². The molecule has 0 atom stereocenters. The number of non-ortho nitro benzene ring substituents is 1. The Morgan fingerprint density at radius 1 is 0.906 bits per heavy atom. The van der Waals surface area contributed by atoms with Gasteiger partial charge in [-0.2, -0.15) is 5.10 Å². The van der Waals surface area contributed by atoms with Crippen molar-refractivity contribution < 1.29 is 9.31 Å². The van der Waals surface area contributed by atoms with Crippen LogP contribution in [0.5, 0.6) is 0 Å². The second kappa shape index (κ2) is 9.13. The number of aromatic nitrogens is 2. The van der Waals surface area contributed by atoms with E-state index in [-0.39, 0.29) is 17.5 Å². The predicted molar refractivity (Wildman–Crippen MR) is 122 cm³/mol. The number of hydrogen-bond acceptors (Lipinski definition) is 6. The number of anilines is 1. The number of nitrogens with zero attached hydrogens (tertiary/aromatic N) is 4. The molecule has 158 valence electrons. The molecule has 0 aliphatic heterocycles. The lowest BCUT2D eigenvalue weighted by molar-refractivity contribution is -0.384. The minimum absolute atomic E-state index is 0.0114. The van der Waals surface area contributed by atoms with Crippen molar-refractivity contribution in [1.82, 2.24) is 9.97 Å². The van der Waals surface area contributed by atoms with Crippen LogP contribution in [0.4, 0.5) is 16.0 Å². The molecular weight excluding hydrogens is 409 g/mol. The number of rotatable bonds is 6. The SMILES string of the molecule is C/C(=N\Nc1nc(-c2ccccc2)cc(-c2ccc(F)cc2)n1)c1ccc([N+](=O)[O-])cc1. The van der Waals surface area contributed by atoms with E-state index in [0.29, 0.717) is 17.1 Å². The fourth-order valence-electron chi connectivity index (χ4n) is 3.05. The molecule has 1 aromatic heterocycles. The van der Waals surface area contributed by atoms with Crippen molar-refractivity contribution in [3.05, 3.63) is 106 Å². The molecule has 0 fully saturated rings. The Balaban J connectivity index is 1.67. The first-order chi connectivity index (χ1) is 15.5. The molecule has 0 saturated carbocycles. The van der Waals surface area contributed by atoms with Crippen LogP contribution in [0.3, 0.4) is 0 Å². The standard InChI is InChI=1S/C24H18FN5O2/c1-16(17-9-13-21(14-10-17)30(31)32)28-29-24-26-22(18-5-3-2-4-6-18)15-23(27-24)19-7-11-20(25)12-8-19/h2-15H,1H3,(H,26,27,29)/b28-16+. The third kappa shape index (κ3) is 4.81. The molecule has 32 heavy (non-hydrogen) atoms. The first-order valence-electron chi connectivity index (χ1n) is 9.75. The van der Waals surface area contributed by atoms with Crippen molar-refractivity contribution in [1.29, 1.82) is 0 Å². The quantitative estimate of drug-likeness (QED) is 0.242. The second-order valence-electron chi connectivity index (χ2n) is 6.95. The average Bonchev–Trinajstić information content (AvgIpc) is 2.83. The summed E-state index contributed by atoms with van der Waals surface area (Å²) in [6.45, 7) is 1.77. The maximum atomic E-state index is 13.4. The summed E-state index contributed by atoms with van der Waals surface area (Å²) in [4.78, 5) is 19.5. The molecule has 3 aromatic carbocycles. The molecule has 4 aromatic rings. The molecule has 0 aliphatic rings. The van der Waals surface area contributed by atoms with Gasteiger partial charge in [-0.3, -0.25) is 10.1 Å². The zero-order chi connectivity index (χ0) is 22.5. The molecule has 1 heterocycles. The van der Waals surface area contributed by atoms with Crippen molar-refractivity contribution in [2.75, 3.05) is 5.43 Å². The fraction of sp³-hybridized carbons (Fsp3) is 0.0417. The van der Waals surface area contributed by atoms with Gasteiger partial charge in [-0.25, -0.2) is 19.8 Å². The summed E-state index contributed by atoms with van der Waals surface area (Å²) in [5.74, 6) is -0.0558. The number of hydrogen-bond donors (Lipinski definition) is 1. The van der Waals surface area contributed by atoms with Gasteiger partial charge in [0.25, 0.3) is 5.69 Å². The topological polar surface area (TPSA) is 93.3 Å². The van der Waals surface area contributed by atoms with Crippen LogP contribution in [0, 0.1) is 15.9 Å². The van der Waals surface area contributed by atoms with E-state index in [1.807, 2.05) is 36.4 Å². The summed E-state index contributed by atoms with van der Waals surface area (Å²) in [5.41, 5.74) is 7.15. The number of benzene rings is 3. The molecule has 0 saturated heterocycles. The Morgan fingerprint density at radius 3 is 2.09 bits per heavy atom. The van der Waals surface area contributed by atoms with E-state index < -0.39 is 4.92 Å². The van der Waals surface area contributed by atoms with Gasteiger partial charge in [0.1, 0.15) is 5.82 Å². The zero-order valence-corrected chi connectivity index (χ0v) is 17.1. The van der Waals surface area contributed by atoms with Gasteiger partial charge >= 0.3 is 0 Å². The Labute approximate surface area is 183 Å². The number of halogens is 1. The normalized spacial score (nSPS) is 11.2. The van der Waals surface area contributed by atoms with E-state index in [2.05, 4.69) is 20.5 Å². The van der Waals surface area contributed by atoms with Crippen molar-refractivity contribution in [3.8, 4) is 22.5 Å². The van der Waals surface area contributed by atoms with E-state index in [1.165, 1.54) is 24.3 Å². The van der Waals surface area contributed by atoms with Gasteiger partial charge < -0.3 is 0 Å². The number of nitrogens with one attached hydrogen (secondary N) is 1. The van der Waals surface area contributed by atoms with Crippen LogP contribution >= 0.6 is 0 Å². The maximum absolute atomic E-state index is 13.4. The van der Waals surface area contributed by atoms with Crippen LogP contribution in [-0.4, -0.2) is 20.6 Å². The highest BCUT2D eigenvalue weighted by Crippen LogP contribution is 2.25. The van der Waals surface area contributed by atoms with E-state index in [1.54, 1.807) is 31.2 Å². The highest BCUT2D eigenvalue weighted by atomic mass is 19.1. The minimum Gasteiger partial charge on any atom is -0.258 e. The summed E-state index contributed by atoms with van der Waals surface area (Å²) >= 11 is 0. The molecule has 0 unspecified atom stereocenters. The van der Waals surface area contributed by atoms with Crippen molar-refractivity contribution in [3.63, 3.8) is 0 Å². The van der Waals surface area contributed by atoms with Crippen LogP contribution in [-0.2, 0) is 0 Å². The molecular formula is C24H18FN5O2. The van der Waals surface area contributed by atoms with Crippen LogP contribution in [0.25, 0.3) is 22.5 Å². The monoisotopic (exact) mass is 427 g/mol. The highest BCUT2D eigenvalue weighted by molar-refractivity contribution is 5.99. The van der Waals surface area contributed by atoms with Crippen LogP contribution in [0.15, 0.2) is 90.0 Å². The molecule has 0 radical (unpaired) electrons. The lowest BCUT2D eigenvalue weighted by Gasteiger charge is -2.09. The Kier molecular flexibility index (Phi) is 5.94. The average molecular weight is 427 g/mol. The van der Waals surface area contributed by atoms with E-state index in [4.69, 9.17) is 0 Å². The van der Waals surface area contributed by atoms with E-state index >= 15 is 0 Å². The van der Waals surface area contributed by atoms with Crippen molar-refractivity contribution >= 4 is 17.3 Å². The summed E-state index contributed by atoms with van der Waals surface area (Å²) in [7, 11) is 0. The first kappa shape index (κ1) is 20.8. The van der Waals surface area contributed by atoms with Gasteiger partial charge in [0.15, 0.2) is 0 Å². The van der Waals surface area contributed by atoms with Gasteiger partial charge in [0, 0.05) is 23.3 Å². The highest BCUT2D eigenvalue weighted by Gasteiger charge is 2.10. The van der Waals surface area contributed by atoms with Gasteiger partial charge in [0.05, 0.1) is 22.0 Å². The van der Waals surface area contributed by atoms with E-state index in [0.717, 1.165) is 16.7 Å². The number of hydrazone groups is 1. The number of nitro benzene ring substituents is 1. The summed E-state index contributed by atoms with van der Waals surface area (Å²) in [6, 6.07) is 23.6. The smallest absolute Gasteiger partial charge is 0.258 e. The molecule has 0 aliphatic carbocycles. The third-order valence-corrected chi connectivity index (χ3v) is 4.76.